The molecule has 0 bridgehead atoms. The molecule has 26 heavy (non-hydrogen) atoms. The number of hydrogen-bond donors (Lipinski definition) is 0. The Morgan fingerprint density at radius 2 is 1.54 bits per heavy atom. The van der Waals surface area contributed by atoms with Gasteiger partial charge in [0.15, 0.2) is 0 Å². The fourth-order valence-electron chi connectivity index (χ4n) is 3.77. The molecule has 0 N–H and O–H groups in total. The van der Waals surface area contributed by atoms with Gasteiger partial charge >= 0.3 is 0 Å². The third kappa shape index (κ3) is 4.97. The molecule has 2 aromatic rings. The summed E-state index contributed by atoms with van der Waals surface area (Å²) in [6.45, 7) is 2.96. The maximum Gasteiger partial charge on any atom is 0.119 e. The highest BCUT2D eigenvalue weighted by molar-refractivity contribution is 5.64. The molecule has 0 atom stereocenters. The van der Waals surface area contributed by atoms with E-state index >= 15 is 0 Å². The predicted molar refractivity (Wildman–Crippen MR) is 107 cm³/mol. The van der Waals surface area contributed by atoms with E-state index in [0.717, 1.165) is 50.9 Å². The van der Waals surface area contributed by atoms with Crippen LogP contribution in [0.2, 0.25) is 0 Å². The highest BCUT2D eigenvalue weighted by Crippen LogP contribution is 2.37. The first-order chi connectivity index (χ1) is 12.8. The number of benzene rings is 2. The minimum atomic E-state index is 0.425. The van der Waals surface area contributed by atoms with E-state index in [0.29, 0.717) is 18.2 Å². The maximum atomic E-state index is 12.3. The summed E-state index contributed by atoms with van der Waals surface area (Å²) in [4.78, 5) is 0. The van der Waals surface area contributed by atoms with Crippen LogP contribution in [0.5, 0.6) is 5.75 Å². The molecule has 0 amide bonds. The Labute approximate surface area is 156 Å². The molecule has 138 valence electrons. The van der Waals surface area contributed by atoms with Crippen LogP contribution in [0, 0.1) is 5.92 Å². The van der Waals surface area contributed by atoms with Crippen LogP contribution in [0.1, 0.15) is 56.9 Å². The van der Waals surface area contributed by atoms with Gasteiger partial charge in [-0.1, -0.05) is 55.8 Å². The first-order valence-electron chi connectivity index (χ1n) is 9.90. The first-order valence-corrected chi connectivity index (χ1v) is 9.90. The zero-order valence-corrected chi connectivity index (χ0v) is 15.7. The number of hydrogen-bond acceptors (Lipinski definition) is 1. The second-order valence-corrected chi connectivity index (χ2v) is 7.28. The number of unbranched alkanes of at least 4 members (excludes halogenated alkanes) is 1. The highest BCUT2D eigenvalue weighted by atomic mass is 19.1. The van der Waals surface area contributed by atoms with E-state index in [1.165, 1.54) is 16.7 Å². The second kappa shape index (κ2) is 9.56. The Bertz CT molecular complexity index is 679. The topological polar surface area (TPSA) is 9.23 Å². The molecule has 1 nitrogen and oxygen atoms in total. The Hall–Kier alpha value is -2.09. The van der Waals surface area contributed by atoms with Crippen molar-refractivity contribution in [3.63, 3.8) is 0 Å². The Kier molecular flexibility index (Phi) is 6.88. The molecule has 1 saturated carbocycles. The van der Waals surface area contributed by atoms with E-state index in [9.17, 15) is 4.39 Å². The molecule has 1 aliphatic rings. The Morgan fingerprint density at radius 3 is 2.12 bits per heavy atom. The minimum absolute atomic E-state index is 0.425. The molecule has 2 heteroatoms. The molecule has 0 unspecified atom stereocenters. The third-order valence-corrected chi connectivity index (χ3v) is 5.45. The van der Waals surface area contributed by atoms with Gasteiger partial charge in [-0.05, 0) is 72.8 Å². The largest absolute Gasteiger partial charge is 0.494 e. The molecule has 2 aromatic carbocycles. The molecule has 0 aliphatic heterocycles. The van der Waals surface area contributed by atoms with Gasteiger partial charge in [0.2, 0.25) is 0 Å². The molecular formula is C24H29FO. The summed E-state index contributed by atoms with van der Waals surface area (Å²) in [7, 11) is 0. The monoisotopic (exact) mass is 352 g/mol. The lowest BCUT2D eigenvalue weighted by atomic mass is 9.78. The molecule has 1 fully saturated rings. The van der Waals surface area contributed by atoms with E-state index in [2.05, 4.69) is 55.5 Å². The molecule has 0 saturated heterocycles. The van der Waals surface area contributed by atoms with Crippen LogP contribution in [0.4, 0.5) is 4.39 Å². The van der Waals surface area contributed by atoms with Crippen LogP contribution < -0.4 is 4.74 Å². The van der Waals surface area contributed by atoms with Gasteiger partial charge in [0.1, 0.15) is 5.75 Å². The van der Waals surface area contributed by atoms with Gasteiger partial charge in [-0.3, -0.25) is 0 Å². The van der Waals surface area contributed by atoms with Gasteiger partial charge in [-0.15, -0.1) is 0 Å². The minimum Gasteiger partial charge on any atom is -0.494 e. The van der Waals surface area contributed by atoms with Crippen molar-refractivity contribution in [2.75, 3.05) is 6.61 Å². The van der Waals surface area contributed by atoms with Crippen molar-refractivity contribution in [2.45, 2.75) is 51.4 Å². The molecule has 1 aliphatic carbocycles. The number of allylic oxidation sites excluding steroid dienone is 1. The quantitative estimate of drug-likeness (QED) is 0.475. The predicted octanol–water partition coefficient (Wildman–Crippen LogP) is 7.29. The molecule has 0 spiro atoms. The van der Waals surface area contributed by atoms with Crippen molar-refractivity contribution >= 4 is 0 Å². The number of ether oxygens (including phenoxy) is 1. The van der Waals surface area contributed by atoms with Crippen molar-refractivity contribution in [1.82, 2.24) is 0 Å². The van der Waals surface area contributed by atoms with E-state index in [1.54, 1.807) is 6.08 Å². The lowest BCUT2D eigenvalue weighted by molar-refractivity contribution is 0.309. The lowest BCUT2D eigenvalue weighted by Gasteiger charge is -2.27. The zero-order valence-electron chi connectivity index (χ0n) is 15.7. The van der Waals surface area contributed by atoms with Crippen LogP contribution in [-0.2, 0) is 0 Å². The lowest BCUT2D eigenvalue weighted by Crippen LogP contribution is -2.11. The number of halogens is 1. The second-order valence-electron chi connectivity index (χ2n) is 7.28. The number of rotatable bonds is 7. The normalized spacial score (nSPS) is 20.4. The van der Waals surface area contributed by atoms with Gasteiger partial charge in [-0.25, -0.2) is 4.39 Å². The van der Waals surface area contributed by atoms with E-state index in [1.807, 2.05) is 0 Å². The van der Waals surface area contributed by atoms with Gasteiger partial charge in [-0.2, -0.15) is 0 Å². The standard InChI is InChI=1S/C24H29FO/c1-2-3-18-26-24-14-12-23(13-15-24)22-10-8-21(9-11-22)20-6-4-19(5-7-20)16-17-25/h8-17,19-20H,2-7,18H2,1H3. The van der Waals surface area contributed by atoms with Crippen LogP contribution in [-0.4, -0.2) is 6.61 Å². The molecule has 0 aromatic heterocycles. The van der Waals surface area contributed by atoms with E-state index in [4.69, 9.17) is 4.74 Å². The highest BCUT2D eigenvalue weighted by Gasteiger charge is 2.20. The average molecular weight is 352 g/mol. The van der Waals surface area contributed by atoms with Gasteiger partial charge in [0.25, 0.3) is 0 Å². The molecular weight excluding hydrogens is 323 g/mol. The van der Waals surface area contributed by atoms with E-state index < -0.39 is 0 Å². The SMILES string of the molecule is CCCCOc1ccc(-c2ccc(C3CCC(C=CF)CC3)cc2)cc1. The molecule has 3 rings (SSSR count). The van der Waals surface area contributed by atoms with E-state index in [-0.39, 0.29) is 0 Å². The van der Waals surface area contributed by atoms with Crippen molar-refractivity contribution in [3.05, 3.63) is 66.5 Å². The molecule has 0 radical (unpaired) electrons. The van der Waals surface area contributed by atoms with Gasteiger partial charge < -0.3 is 4.74 Å². The fraction of sp³-hybridized carbons (Fsp3) is 0.417. The Balaban J connectivity index is 1.59. The summed E-state index contributed by atoms with van der Waals surface area (Å²) < 4.78 is 18.1. The first kappa shape index (κ1) is 18.7. The molecule has 0 heterocycles. The summed E-state index contributed by atoms with van der Waals surface area (Å²) in [5.74, 6) is 1.98. The van der Waals surface area contributed by atoms with Crippen molar-refractivity contribution in [3.8, 4) is 16.9 Å². The third-order valence-electron chi connectivity index (χ3n) is 5.45. The van der Waals surface area contributed by atoms with Crippen LogP contribution in [0.3, 0.4) is 0 Å². The van der Waals surface area contributed by atoms with Crippen LogP contribution >= 0.6 is 0 Å². The summed E-state index contributed by atoms with van der Waals surface area (Å²) >= 11 is 0. The maximum absolute atomic E-state index is 12.3. The average Bonchev–Trinajstić information content (AvgIpc) is 2.70. The van der Waals surface area contributed by atoms with Gasteiger partial charge in [0, 0.05) is 0 Å². The zero-order chi connectivity index (χ0) is 18.2. The van der Waals surface area contributed by atoms with Crippen LogP contribution in [0.25, 0.3) is 11.1 Å². The smallest absolute Gasteiger partial charge is 0.119 e. The van der Waals surface area contributed by atoms with Gasteiger partial charge in [0.05, 0.1) is 12.9 Å². The van der Waals surface area contributed by atoms with Crippen molar-refractivity contribution in [2.24, 2.45) is 5.92 Å². The van der Waals surface area contributed by atoms with Crippen LogP contribution in [0.15, 0.2) is 60.9 Å². The summed E-state index contributed by atoms with van der Waals surface area (Å²) in [5.41, 5.74) is 3.87. The Morgan fingerprint density at radius 1 is 0.923 bits per heavy atom. The van der Waals surface area contributed by atoms with Crippen molar-refractivity contribution < 1.29 is 9.13 Å². The van der Waals surface area contributed by atoms with Crippen molar-refractivity contribution in [1.29, 1.82) is 0 Å². The summed E-state index contributed by atoms with van der Waals surface area (Å²) in [6.07, 6.45) is 9.15. The fourth-order valence-corrected chi connectivity index (χ4v) is 3.77. The summed E-state index contributed by atoms with van der Waals surface area (Å²) in [6, 6.07) is 17.3. The summed E-state index contributed by atoms with van der Waals surface area (Å²) in [5, 5.41) is 0.